The van der Waals surface area contributed by atoms with Gasteiger partial charge in [-0.15, -0.1) is 0 Å². The molecule has 0 nitrogen and oxygen atoms in total. The third kappa shape index (κ3) is 0.702. The smallest absolute Gasteiger partial charge is 0.230 e. The zero-order valence-electron chi connectivity index (χ0n) is 6.35. The third-order valence-electron chi connectivity index (χ3n) is 2.27. The second kappa shape index (κ2) is 2.12. The number of halogens is 7. The second-order valence-corrected chi connectivity index (χ2v) is 2.88. The third-order valence-corrected chi connectivity index (χ3v) is 2.27. The molecule has 0 aromatic rings. The van der Waals surface area contributed by atoms with E-state index in [0.29, 0.717) is 6.92 Å². The van der Waals surface area contributed by atoms with Crippen molar-refractivity contribution in [3.63, 3.8) is 0 Å². The molecular formula is C6H5F7. The maximum atomic E-state index is 12.7. The maximum absolute atomic E-state index is 12.7. The van der Waals surface area contributed by atoms with E-state index in [4.69, 9.17) is 0 Å². The molecule has 0 amide bonds. The lowest BCUT2D eigenvalue weighted by Crippen LogP contribution is -2.84. The molecule has 1 saturated carbocycles. The first-order valence-corrected chi connectivity index (χ1v) is 3.38. The van der Waals surface area contributed by atoms with Crippen LogP contribution in [0.5, 0.6) is 0 Å². The molecule has 13 heavy (non-hydrogen) atoms. The van der Waals surface area contributed by atoms with E-state index in [0.717, 1.165) is 0 Å². The van der Waals surface area contributed by atoms with Gasteiger partial charge in [-0.2, -0.15) is 26.3 Å². The SMILES string of the molecule is CCC1(F)C(F)(F)C(F)(F)C1(F)F. The summed E-state index contributed by atoms with van der Waals surface area (Å²) in [7, 11) is 0. The first-order valence-electron chi connectivity index (χ1n) is 3.38. The normalized spacial score (nSPS) is 32.3. The van der Waals surface area contributed by atoms with E-state index >= 15 is 0 Å². The van der Waals surface area contributed by atoms with Crippen LogP contribution < -0.4 is 0 Å². The van der Waals surface area contributed by atoms with Crippen LogP contribution in [0.4, 0.5) is 30.7 Å². The summed E-state index contributed by atoms with van der Waals surface area (Å²) in [6.45, 7) is 0.664. The van der Waals surface area contributed by atoms with Crippen molar-refractivity contribution in [1.29, 1.82) is 0 Å². The van der Waals surface area contributed by atoms with E-state index in [1.165, 1.54) is 0 Å². The molecule has 1 aliphatic carbocycles. The largest absolute Gasteiger partial charge is 0.379 e. The Hall–Kier alpha value is -0.490. The first-order chi connectivity index (χ1) is 5.56. The molecule has 1 rings (SSSR count). The zero-order chi connectivity index (χ0) is 10.7. The van der Waals surface area contributed by atoms with Crippen molar-refractivity contribution < 1.29 is 30.7 Å². The molecule has 7 heteroatoms. The van der Waals surface area contributed by atoms with E-state index in [2.05, 4.69) is 0 Å². The van der Waals surface area contributed by atoms with E-state index in [1.54, 1.807) is 0 Å². The minimum atomic E-state index is -5.59. The molecule has 0 N–H and O–H groups in total. The van der Waals surface area contributed by atoms with Gasteiger partial charge in [0.1, 0.15) is 0 Å². The van der Waals surface area contributed by atoms with Crippen LogP contribution in [0.1, 0.15) is 13.3 Å². The van der Waals surface area contributed by atoms with Crippen molar-refractivity contribution in [2.45, 2.75) is 36.8 Å². The summed E-state index contributed by atoms with van der Waals surface area (Å²) < 4.78 is 85.8. The molecule has 0 bridgehead atoms. The lowest BCUT2D eigenvalue weighted by molar-refractivity contribution is -0.473. The average Bonchev–Trinajstić information content (AvgIpc) is 2.00. The van der Waals surface area contributed by atoms with Gasteiger partial charge in [0.25, 0.3) is 0 Å². The summed E-state index contributed by atoms with van der Waals surface area (Å²) in [5.41, 5.74) is -4.43. The molecule has 0 spiro atoms. The van der Waals surface area contributed by atoms with Gasteiger partial charge in [-0.05, 0) is 6.42 Å². The molecule has 0 unspecified atom stereocenters. The molecule has 0 aromatic carbocycles. The van der Waals surface area contributed by atoms with Crippen molar-refractivity contribution in [3.8, 4) is 0 Å². The number of hydrogen-bond acceptors (Lipinski definition) is 0. The molecule has 0 aliphatic heterocycles. The van der Waals surface area contributed by atoms with Crippen molar-refractivity contribution in [2.75, 3.05) is 0 Å². The molecule has 0 saturated heterocycles. The minimum Gasteiger partial charge on any atom is -0.230 e. The fourth-order valence-electron chi connectivity index (χ4n) is 1.27. The Kier molecular flexibility index (Phi) is 1.72. The zero-order valence-corrected chi connectivity index (χ0v) is 6.35. The second-order valence-electron chi connectivity index (χ2n) is 2.88. The monoisotopic (exact) mass is 210 g/mol. The van der Waals surface area contributed by atoms with Crippen LogP contribution in [0.25, 0.3) is 0 Å². The Morgan fingerprint density at radius 2 is 1.00 bits per heavy atom. The van der Waals surface area contributed by atoms with Crippen molar-refractivity contribution in [1.82, 2.24) is 0 Å². The number of rotatable bonds is 1. The Morgan fingerprint density at radius 1 is 0.692 bits per heavy atom. The molecule has 1 aliphatic rings. The van der Waals surface area contributed by atoms with Gasteiger partial charge >= 0.3 is 17.8 Å². The average molecular weight is 210 g/mol. The fraction of sp³-hybridized carbons (Fsp3) is 1.00. The standard InChI is InChI=1S/C6H5F7/c1-2-3(7)4(8,9)6(12,13)5(3,10)11/h2H2,1H3. The molecule has 0 aromatic heterocycles. The van der Waals surface area contributed by atoms with Crippen molar-refractivity contribution in [3.05, 3.63) is 0 Å². The van der Waals surface area contributed by atoms with Crippen molar-refractivity contribution in [2.24, 2.45) is 0 Å². The summed E-state index contributed by atoms with van der Waals surface area (Å²) in [4.78, 5) is 0. The fourth-order valence-corrected chi connectivity index (χ4v) is 1.27. The maximum Gasteiger partial charge on any atom is 0.379 e. The quantitative estimate of drug-likeness (QED) is 0.583. The summed E-state index contributed by atoms with van der Waals surface area (Å²) in [6.07, 6.45) is -1.36. The number of hydrogen-bond donors (Lipinski definition) is 0. The van der Waals surface area contributed by atoms with Gasteiger partial charge in [0, 0.05) is 0 Å². The van der Waals surface area contributed by atoms with E-state index in [1.807, 2.05) is 0 Å². The topological polar surface area (TPSA) is 0 Å². The Balaban J connectivity index is 3.18. The molecule has 1 fully saturated rings. The van der Waals surface area contributed by atoms with Crippen LogP contribution >= 0.6 is 0 Å². The van der Waals surface area contributed by atoms with Gasteiger partial charge in [0.2, 0.25) is 5.67 Å². The molecule has 0 atom stereocenters. The predicted molar refractivity (Wildman–Crippen MR) is 29.0 cm³/mol. The van der Waals surface area contributed by atoms with E-state index in [9.17, 15) is 30.7 Å². The van der Waals surface area contributed by atoms with Crippen LogP contribution in [-0.2, 0) is 0 Å². The lowest BCUT2D eigenvalue weighted by atomic mass is 9.68. The summed E-state index contributed by atoms with van der Waals surface area (Å²) in [6, 6.07) is 0. The van der Waals surface area contributed by atoms with Gasteiger partial charge in [0.05, 0.1) is 0 Å². The highest BCUT2D eigenvalue weighted by Crippen LogP contribution is 2.69. The Morgan fingerprint density at radius 3 is 1.15 bits per heavy atom. The highest BCUT2D eigenvalue weighted by Gasteiger charge is 2.98. The van der Waals surface area contributed by atoms with Crippen LogP contribution in [0.15, 0.2) is 0 Å². The van der Waals surface area contributed by atoms with Crippen LogP contribution in [0.3, 0.4) is 0 Å². The lowest BCUT2D eigenvalue weighted by Gasteiger charge is -2.53. The van der Waals surface area contributed by atoms with Crippen LogP contribution in [0.2, 0.25) is 0 Å². The summed E-state index contributed by atoms with van der Waals surface area (Å²) >= 11 is 0. The van der Waals surface area contributed by atoms with E-state index < -0.39 is 29.9 Å². The Labute approximate surface area is 68.7 Å². The van der Waals surface area contributed by atoms with Gasteiger partial charge in [-0.3, -0.25) is 0 Å². The van der Waals surface area contributed by atoms with Crippen LogP contribution in [0, 0.1) is 0 Å². The highest BCUT2D eigenvalue weighted by atomic mass is 19.4. The first kappa shape index (κ1) is 10.6. The molecule has 0 radical (unpaired) electrons. The predicted octanol–water partition coefficient (Wildman–Crippen LogP) is 3.02. The van der Waals surface area contributed by atoms with Gasteiger partial charge < -0.3 is 0 Å². The van der Waals surface area contributed by atoms with Gasteiger partial charge in [-0.25, -0.2) is 4.39 Å². The van der Waals surface area contributed by atoms with Crippen LogP contribution in [-0.4, -0.2) is 23.4 Å². The molecular weight excluding hydrogens is 205 g/mol. The Bertz CT molecular complexity index is 213. The van der Waals surface area contributed by atoms with Gasteiger partial charge in [0.15, 0.2) is 0 Å². The van der Waals surface area contributed by atoms with Gasteiger partial charge in [-0.1, -0.05) is 6.92 Å². The molecule has 78 valence electrons. The summed E-state index contributed by atoms with van der Waals surface area (Å²) in [5.74, 6) is -16.2. The summed E-state index contributed by atoms with van der Waals surface area (Å²) in [5, 5.41) is 0. The highest BCUT2D eigenvalue weighted by molar-refractivity contribution is 5.26. The number of alkyl halides is 7. The van der Waals surface area contributed by atoms with Crippen molar-refractivity contribution >= 4 is 0 Å². The minimum absolute atomic E-state index is 0.664. The molecule has 0 heterocycles. The van der Waals surface area contributed by atoms with E-state index in [-0.39, 0.29) is 0 Å².